The molecule has 0 heterocycles. The predicted molar refractivity (Wildman–Crippen MR) is 133 cm³/mol. The number of amides is 2. The van der Waals surface area contributed by atoms with Crippen molar-refractivity contribution < 1.29 is 14.3 Å². The molecule has 0 fully saturated rings. The fraction of sp³-hybridized carbons (Fsp3) is 0.357. The van der Waals surface area contributed by atoms with Crippen LogP contribution in [0.25, 0.3) is 10.8 Å². The summed E-state index contributed by atoms with van der Waals surface area (Å²) in [5.41, 5.74) is 2.11. The second-order valence-corrected chi connectivity index (χ2v) is 8.60. The van der Waals surface area contributed by atoms with Crippen LogP contribution in [0.15, 0.2) is 66.7 Å². The zero-order valence-corrected chi connectivity index (χ0v) is 20.0. The maximum Gasteiger partial charge on any atom is 0.243 e. The van der Waals surface area contributed by atoms with E-state index in [-0.39, 0.29) is 17.9 Å². The van der Waals surface area contributed by atoms with Gasteiger partial charge in [0.25, 0.3) is 0 Å². The molecule has 0 aromatic heterocycles. The summed E-state index contributed by atoms with van der Waals surface area (Å²) in [4.78, 5) is 28.2. The summed E-state index contributed by atoms with van der Waals surface area (Å²) in [6.07, 6.45) is 1.52. The molecule has 0 saturated heterocycles. The molecule has 3 aromatic rings. The standard InChI is InChI=1S/C28H34N2O3/c1-5-26(28(32)29-20(2)3)30(19-21-13-16-24(33-4)17-14-21)27(31)18-15-23-11-8-10-22-9-6-7-12-25(22)23/h6-14,16-17,20,26H,5,15,18-19H2,1-4H3,(H,29,32)/t26-/m1/s1. The van der Waals surface area contributed by atoms with E-state index < -0.39 is 6.04 Å². The largest absolute Gasteiger partial charge is 0.497 e. The second-order valence-electron chi connectivity index (χ2n) is 8.60. The SMILES string of the molecule is CC[C@H](C(=O)NC(C)C)N(Cc1ccc(OC)cc1)C(=O)CCc1cccc2ccccc12. The number of carbonyl (C=O) groups excluding carboxylic acids is 2. The Morgan fingerprint density at radius 3 is 2.33 bits per heavy atom. The predicted octanol–water partition coefficient (Wildman–Crippen LogP) is 5.11. The molecule has 0 unspecified atom stereocenters. The highest BCUT2D eigenvalue weighted by Gasteiger charge is 2.28. The number of rotatable bonds is 10. The second kappa shape index (κ2) is 11.5. The van der Waals surface area contributed by atoms with E-state index >= 15 is 0 Å². The lowest BCUT2D eigenvalue weighted by Gasteiger charge is -2.31. The van der Waals surface area contributed by atoms with E-state index in [2.05, 4.69) is 29.6 Å². The highest BCUT2D eigenvalue weighted by atomic mass is 16.5. The lowest BCUT2D eigenvalue weighted by Crippen LogP contribution is -2.50. The number of ether oxygens (including phenoxy) is 1. The molecule has 0 aliphatic carbocycles. The molecule has 3 aromatic carbocycles. The summed E-state index contributed by atoms with van der Waals surface area (Å²) >= 11 is 0. The van der Waals surface area contributed by atoms with Crippen LogP contribution in [-0.2, 0) is 22.6 Å². The van der Waals surface area contributed by atoms with Crippen molar-refractivity contribution in [1.29, 1.82) is 0 Å². The van der Waals surface area contributed by atoms with Gasteiger partial charge in [-0.05, 0) is 60.7 Å². The molecule has 0 radical (unpaired) electrons. The van der Waals surface area contributed by atoms with Crippen LogP contribution in [-0.4, -0.2) is 35.9 Å². The fourth-order valence-corrected chi connectivity index (χ4v) is 4.12. The summed E-state index contributed by atoms with van der Waals surface area (Å²) in [5.74, 6) is 0.626. The number of nitrogens with zero attached hydrogens (tertiary/aromatic N) is 1. The van der Waals surface area contributed by atoms with Crippen molar-refractivity contribution in [2.45, 2.75) is 58.7 Å². The van der Waals surface area contributed by atoms with E-state index in [1.165, 1.54) is 10.8 Å². The smallest absolute Gasteiger partial charge is 0.243 e. The molecule has 0 aliphatic rings. The number of fused-ring (bicyclic) bond motifs is 1. The molecule has 33 heavy (non-hydrogen) atoms. The average molecular weight is 447 g/mol. The van der Waals surface area contributed by atoms with Crippen molar-refractivity contribution in [1.82, 2.24) is 10.2 Å². The van der Waals surface area contributed by atoms with Gasteiger partial charge in [-0.3, -0.25) is 9.59 Å². The molecule has 5 nitrogen and oxygen atoms in total. The van der Waals surface area contributed by atoms with Crippen LogP contribution in [0.2, 0.25) is 0 Å². The maximum atomic E-state index is 13.5. The van der Waals surface area contributed by atoms with E-state index in [9.17, 15) is 9.59 Å². The van der Waals surface area contributed by atoms with Gasteiger partial charge in [-0.1, -0.05) is 61.5 Å². The zero-order valence-electron chi connectivity index (χ0n) is 20.0. The third-order valence-electron chi connectivity index (χ3n) is 5.82. The fourth-order valence-electron chi connectivity index (χ4n) is 4.12. The molecular weight excluding hydrogens is 412 g/mol. The Morgan fingerprint density at radius 2 is 1.67 bits per heavy atom. The van der Waals surface area contributed by atoms with Crippen LogP contribution >= 0.6 is 0 Å². The van der Waals surface area contributed by atoms with Crippen LogP contribution in [0, 0.1) is 0 Å². The minimum Gasteiger partial charge on any atom is -0.497 e. The average Bonchev–Trinajstić information content (AvgIpc) is 2.82. The summed E-state index contributed by atoms with van der Waals surface area (Å²) in [6.45, 7) is 6.19. The minimum absolute atomic E-state index is 0.0140. The first kappa shape index (κ1) is 24.3. The number of hydrogen-bond donors (Lipinski definition) is 1. The summed E-state index contributed by atoms with van der Waals surface area (Å²) in [6, 6.07) is 21.5. The van der Waals surface area contributed by atoms with Crippen molar-refractivity contribution in [3.63, 3.8) is 0 Å². The summed E-state index contributed by atoms with van der Waals surface area (Å²) in [5, 5.41) is 5.31. The summed E-state index contributed by atoms with van der Waals surface area (Å²) < 4.78 is 5.25. The Bertz CT molecular complexity index is 1070. The summed E-state index contributed by atoms with van der Waals surface area (Å²) in [7, 11) is 1.63. The first-order valence-electron chi connectivity index (χ1n) is 11.6. The first-order chi connectivity index (χ1) is 15.9. The van der Waals surface area contributed by atoms with Crippen molar-refractivity contribution >= 4 is 22.6 Å². The van der Waals surface area contributed by atoms with Gasteiger partial charge in [-0.25, -0.2) is 0 Å². The molecular formula is C28H34N2O3. The molecule has 3 rings (SSSR count). The monoisotopic (exact) mass is 446 g/mol. The van der Waals surface area contributed by atoms with Gasteiger partial charge in [0.15, 0.2) is 0 Å². The lowest BCUT2D eigenvalue weighted by molar-refractivity contribution is -0.141. The Morgan fingerprint density at radius 1 is 0.970 bits per heavy atom. The highest BCUT2D eigenvalue weighted by Crippen LogP contribution is 2.22. The van der Waals surface area contributed by atoms with Crippen LogP contribution < -0.4 is 10.1 Å². The molecule has 2 amide bonds. The lowest BCUT2D eigenvalue weighted by atomic mass is 10.00. The minimum atomic E-state index is -0.519. The van der Waals surface area contributed by atoms with Gasteiger partial charge in [0.2, 0.25) is 11.8 Å². The van der Waals surface area contributed by atoms with Crippen molar-refractivity contribution in [3.8, 4) is 5.75 Å². The van der Waals surface area contributed by atoms with Gasteiger partial charge >= 0.3 is 0 Å². The number of benzene rings is 3. The maximum absolute atomic E-state index is 13.5. The number of methoxy groups -OCH3 is 1. The third kappa shape index (κ3) is 6.35. The van der Waals surface area contributed by atoms with Crippen molar-refractivity contribution in [3.05, 3.63) is 77.9 Å². The van der Waals surface area contributed by atoms with Crippen LogP contribution in [0.5, 0.6) is 5.75 Å². The quantitative estimate of drug-likeness (QED) is 0.471. The Balaban J connectivity index is 1.82. The molecule has 1 atom stereocenters. The van der Waals surface area contributed by atoms with Crippen molar-refractivity contribution in [2.75, 3.05) is 7.11 Å². The first-order valence-corrected chi connectivity index (χ1v) is 11.6. The molecule has 0 aliphatic heterocycles. The molecule has 174 valence electrons. The van der Waals surface area contributed by atoms with Gasteiger partial charge in [-0.15, -0.1) is 0 Å². The van der Waals surface area contributed by atoms with Gasteiger partial charge in [0.05, 0.1) is 7.11 Å². The van der Waals surface area contributed by atoms with E-state index in [1.54, 1.807) is 12.0 Å². The zero-order chi connectivity index (χ0) is 23.8. The van der Waals surface area contributed by atoms with Crippen LogP contribution in [0.1, 0.15) is 44.7 Å². The van der Waals surface area contributed by atoms with E-state index in [4.69, 9.17) is 4.74 Å². The Labute approximate surface area is 196 Å². The van der Waals surface area contributed by atoms with Crippen LogP contribution in [0.3, 0.4) is 0 Å². The number of carbonyl (C=O) groups is 2. The van der Waals surface area contributed by atoms with Crippen LogP contribution in [0.4, 0.5) is 0 Å². The van der Waals surface area contributed by atoms with Gasteiger partial charge in [0.1, 0.15) is 11.8 Å². The van der Waals surface area contributed by atoms with E-state index in [1.807, 2.05) is 63.2 Å². The highest BCUT2D eigenvalue weighted by molar-refractivity contribution is 5.89. The van der Waals surface area contributed by atoms with E-state index in [0.717, 1.165) is 16.9 Å². The topological polar surface area (TPSA) is 58.6 Å². The van der Waals surface area contributed by atoms with Gasteiger partial charge in [0, 0.05) is 19.0 Å². The molecule has 5 heteroatoms. The Hall–Kier alpha value is -3.34. The molecule has 0 bridgehead atoms. The normalized spacial score (nSPS) is 11.9. The van der Waals surface area contributed by atoms with E-state index in [0.29, 0.717) is 25.8 Å². The Kier molecular flexibility index (Phi) is 8.47. The van der Waals surface area contributed by atoms with Gasteiger partial charge < -0.3 is 15.0 Å². The molecule has 0 saturated carbocycles. The molecule has 0 spiro atoms. The number of aryl methyl sites for hydroxylation is 1. The third-order valence-corrected chi connectivity index (χ3v) is 5.82. The van der Waals surface area contributed by atoms with Crippen molar-refractivity contribution in [2.24, 2.45) is 0 Å². The van der Waals surface area contributed by atoms with Gasteiger partial charge in [-0.2, -0.15) is 0 Å². The number of nitrogens with one attached hydrogen (secondary N) is 1. The molecule has 1 N–H and O–H groups in total. The number of hydrogen-bond acceptors (Lipinski definition) is 3.